The van der Waals surface area contributed by atoms with Crippen LogP contribution in [0.5, 0.6) is 5.75 Å². The van der Waals surface area contributed by atoms with Crippen molar-refractivity contribution in [3.8, 4) is 5.75 Å². The Hall–Kier alpha value is -2.87. The van der Waals surface area contributed by atoms with Gasteiger partial charge in [-0.2, -0.15) is 4.31 Å². The zero-order valence-corrected chi connectivity index (χ0v) is 18.2. The summed E-state index contributed by atoms with van der Waals surface area (Å²) in [5.74, 6) is -0.0984. The van der Waals surface area contributed by atoms with Gasteiger partial charge in [0.15, 0.2) is 6.61 Å². The average Bonchev–Trinajstić information content (AvgIpc) is 2.78. The van der Waals surface area contributed by atoms with E-state index in [1.807, 2.05) is 42.5 Å². The van der Waals surface area contributed by atoms with Crippen molar-refractivity contribution in [2.75, 3.05) is 18.5 Å². The molecule has 6 nitrogen and oxygen atoms in total. The predicted octanol–water partition coefficient (Wildman–Crippen LogP) is 4.10. The Balaban J connectivity index is 1.43. The Morgan fingerprint density at radius 2 is 1.71 bits per heavy atom. The molecule has 1 aliphatic heterocycles. The van der Waals surface area contributed by atoms with Crippen LogP contribution in [0.2, 0.25) is 5.02 Å². The molecule has 3 aromatic rings. The predicted molar refractivity (Wildman–Crippen MR) is 120 cm³/mol. The summed E-state index contributed by atoms with van der Waals surface area (Å²) in [4.78, 5) is 12.1. The van der Waals surface area contributed by atoms with Crippen LogP contribution in [0.4, 0.5) is 5.69 Å². The van der Waals surface area contributed by atoms with E-state index in [2.05, 4.69) is 5.32 Å². The highest BCUT2D eigenvalue weighted by Crippen LogP contribution is 2.30. The van der Waals surface area contributed by atoms with Crippen LogP contribution in [0.3, 0.4) is 0 Å². The van der Waals surface area contributed by atoms with Gasteiger partial charge in [-0.05, 0) is 47.9 Å². The summed E-state index contributed by atoms with van der Waals surface area (Å²) in [7, 11) is -3.70. The molecule has 0 saturated carbocycles. The number of ether oxygens (including phenoxy) is 1. The van der Waals surface area contributed by atoms with Crippen molar-refractivity contribution in [1.82, 2.24) is 4.31 Å². The summed E-state index contributed by atoms with van der Waals surface area (Å²) in [5, 5.41) is 2.84. The molecule has 31 heavy (non-hydrogen) atoms. The number of nitrogens with zero attached hydrogens (tertiary/aromatic N) is 1. The third kappa shape index (κ3) is 4.90. The van der Waals surface area contributed by atoms with Crippen molar-refractivity contribution in [1.29, 1.82) is 0 Å². The van der Waals surface area contributed by atoms with Gasteiger partial charge in [0, 0.05) is 18.8 Å². The van der Waals surface area contributed by atoms with Gasteiger partial charge in [-0.25, -0.2) is 8.42 Å². The first-order valence-corrected chi connectivity index (χ1v) is 11.6. The van der Waals surface area contributed by atoms with Crippen molar-refractivity contribution in [2.24, 2.45) is 0 Å². The van der Waals surface area contributed by atoms with E-state index in [-0.39, 0.29) is 28.2 Å². The zero-order valence-electron chi connectivity index (χ0n) is 16.6. The normalized spacial score (nSPS) is 14.0. The standard InChI is InChI=1S/C23H21ClN2O4S/c24-21-14-20(31(28,29)26-13-12-17-6-4-5-7-18(17)15-26)10-11-22(21)30-16-23(27)25-19-8-2-1-3-9-19/h1-11,14H,12-13,15-16H2,(H,25,27). The summed E-state index contributed by atoms with van der Waals surface area (Å²) >= 11 is 6.26. The first-order valence-electron chi connectivity index (χ1n) is 9.78. The Bertz CT molecular complexity index is 1200. The number of benzene rings is 3. The van der Waals surface area contributed by atoms with Crippen molar-refractivity contribution in [3.63, 3.8) is 0 Å². The number of hydrogen-bond acceptors (Lipinski definition) is 4. The summed E-state index contributed by atoms with van der Waals surface area (Å²) in [6.07, 6.45) is 0.668. The topological polar surface area (TPSA) is 75.7 Å². The molecule has 1 aliphatic rings. The monoisotopic (exact) mass is 456 g/mol. The highest BCUT2D eigenvalue weighted by Gasteiger charge is 2.28. The van der Waals surface area contributed by atoms with Crippen LogP contribution in [0.25, 0.3) is 0 Å². The summed E-state index contributed by atoms with van der Waals surface area (Å²) in [6, 6.07) is 21.1. The summed E-state index contributed by atoms with van der Waals surface area (Å²) in [6.45, 7) is 0.493. The highest BCUT2D eigenvalue weighted by molar-refractivity contribution is 7.89. The molecule has 0 radical (unpaired) electrons. The van der Waals surface area contributed by atoms with E-state index in [0.29, 0.717) is 25.2 Å². The van der Waals surface area contributed by atoms with Crippen LogP contribution in [-0.4, -0.2) is 31.8 Å². The van der Waals surface area contributed by atoms with Gasteiger partial charge in [0.1, 0.15) is 5.75 Å². The molecule has 0 bridgehead atoms. The molecule has 0 saturated heterocycles. The number of rotatable bonds is 6. The van der Waals surface area contributed by atoms with E-state index in [1.165, 1.54) is 28.1 Å². The molecule has 0 unspecified atom stereocenters. The molecule has 1 amide bonds. The lowest BCUT2D eigenvalue weighted by Gasteiger charge is -2.28. The van der Waals surface area contributed by atoms with Gasteiger partial charge in [-0.1, -0.05) is 54.1 Å². The molecule has 8 heteroatoms. The van der Waals surface area contributed by atoms with Gasteiger partial charge < -0.3 is 10.1 Å². The largest absolute Gasteiger partial charge is 0.482 e. The quantitative estimate of drug-likeness (QED) is 0.605. The van der Waals surface area contributed by atoms with E-state index >= 15 is 0 Å². The smallest absolute Gasteiger partial charge is 0.262 e. The van der Waals surface area contributed by atoms with E-state index in [4.69, 9.17) is 16.3 Å². The second kappa shape index (κ2) is 9.09. The molecule has 0 aliphatic carbocycles. The third-order valence-electron chi connectivity index (χ3n) is 5.05. The number of sulfonamides is 1. The minimum absolute atomic E-state index is 0.0953. The van der Waals surface area contributed by atoms with E-state index < -0.39 is 10.0 Å². The molecule has 0 aromatic heterocycles. The van der Waals surface area contributed by atoms with E-state index in [9.17, 15) is 13.2 Å². The fourth-order valence-corrected chi connectivity index (χ4v) is 5.19. The lowest BCUT2D eigenvalue weighted by Crippen LogP contribution is -2.35. The number of para-hydroxylation sites is 1. The first-order chi connectivity index (χ1) is 14.9. The Labute approximate surface area is 186 Å². The van der Waals surface area contributed by atoms with Crippen LogP contribution in [0.1, 0.15) is 11.1 Å². The number of carbonyl (C=O) groups excluding carboxylic acids is 1. The number of fused-ring (bicyclic) bond motifs is 1. The molecule has 1 N–H and O–H groups in total. The Morgan fingerprint density at radius 3 is 2.45 bits per heavy atom. The Kier molecular flexibility index (Phi) is 6.27. The summed E-state index contributed by atoms with van der Waals surface area (Å²) in [5.41, 5.74) is 2.84. The number of nitrogens with one attached hydrogen (secondary N) is 1. The maximum Gasteiger partial charge on any atom is 0.262 e. The number of anilines is 1. The van der Waals surface area contributed by atoms with Crippen LogP contribution in [-0.2, 0) is 27.8 Å². The second-order valence-electron chi connectivity index (χ2n) is 7.15. The fraction of sp³-hybridized carbons (Fsp3) is 0.174. The number of carbonyl (C=O) groups is 1. The van der Waals surface area contributed by atoms with Gasteiger partial charge in [0.25, 0.3) is 5.91 Å². The van der Waals surface area contributed by atoms with Crippen LogP contribution in [0.15, 0.2) is 77.7 Å². The van der Waals surface area contributed by atoms with Gasteiger partial charge in [0.2, 0.25) is 10.0 Å². The average molecular weight is 457 g/mol. The molecular weight excluding hydrogens is 436 g/mol. The minimum atomic E-state index is -3.70. The van der Waals surface area contributed by atoms with Crippen molar-refractivity contribution in [3.05, 3.63) is 88.9 Å². The second-order valence-corrected chi connectivity index (χ2v) is 9.50. The van der Waals surface area contributed by atoms with Crippen molar-refractivity contribution >= 4 is 33.2 Å². The lowest BCUT2D eigenvalue weighted by molar-refractivity contribution is -0.118. The van der Waals surface area contributed by atoms with Crippen molar-refractivity contribution in [2.45, 2.75) is 17.9 Å². The molecule has 1 heterocycles. The molecule has 0 spiro atoms. The molecule has 0 fully saturated rings. The van der Waals surface area contributed by atoms with E-state index in [0.717, 1.165) is 5.56 Å². The van der Waals surface area contributed by atoms with Gasteiger partial charge >= 0.3 is 0 Å². The molecular formula is C23H21ClN2O4S. The van der Waals surface area contributed by atoms with Crippen LogP contribution in [0, 0.1) is 0 Å². The number of hydrogen-bond donors (Lipinski definition) is 1. The Morgan fingerprint density at radius 1 is 1.00 bits per heavy atom. The highest BCUT2D eigenvalue weighted by atomic mass is 35.5. The van der Waals surface area contributed by atoms with Crippen molar-refractivity contribution < 1.29 is 17.9 Å². The third-order valence-corrected chi connectivity index (χ3v) is 7.19. The summed E-state index contributed by atoms with van der Waals surface area (Å²) < 4.78 is 33.1. The molecule has 4 rings (SSSR count). The number of amides is 1. The number of halogens is 1. The zero-order chi connectivity index (χ0) is 21.8. The first kappa shape index (κ1) is 21.4. The van der Waals surface area contributed by atoms with Gasteiger partial charge in [-0.15, -0.1) is 0 Å². The van der Waals surface area contributed by atoms with E-state index in [1.54, 1.807) is 12.1 Å². The lowest BCUT2D eigenvalue weighted by atomic mass is 10.0. The maximum absolute atomic E-state index is 13.1. The molecule has 160 valence electrons. The molecule has 0 atom stereocenters. The van der Waals surface area contributed by atoms with Gasteiger partial charge in [0.05, 0.1) is 9.92 Å². The van der Waals surface area contributed by atoms with Gasteiger partial charge in [-0.3, -0.25) is 4.79 Å². The van der Waals surface area contributed by atoms with Crippen LogP contribution >= 0.6 is 11.6 Å². The molecule has 3 aromatic carbocycles. The minimum Gasteiger partial charge on any atom is -0.482 e. The fourth-order valence-electron chi connectivity index (χ4n) is 3.45. The maximum atomic E-state index is 13.1. The SMILES string of the molecule is O=C(COc1ccc(S(=O)(=O)N2CCc3ccccc3C2)cc1Cl)Nc1ccccc1. The van der Waals surface area contributed by atoms with Crippen LogP contribution < -0.4 is 10.1 Å².